The van der Waals surface area contributed by atoms with Gasteiger partial charge in [-0.15, -0.1) is 0 Å². The lowest BCUT2D eigenvalue weighted by atomic mass is 10.1. The van der Waals surface area contributed by atoms with Crippen LogP contribution in [-0.2, 0) is 9.53 Å². The van der Waals surface area contributed by atoms with E-state index in [1.165, 1.54) is 18.2 Å². The van der Waals surface area contributed by atoms with Crippen LogP contribution in [0.15, 0.2) is 76.8 Å². The van der Waals surface area contributed by atoms with E-state index in [0.717, 1.165) is 12.8 Å². The van der Waals surface area contributed by atoms with Crippen LogP contribution in [0.25, 0.3) is 17.4 Å². The third kappa shape index (κ3) is 5.76. The van der Waals surface area contributed by atoms with E-state index in [1.54, 1.807) is 54.6 Å². The second-order valence-corrected chi connectivity index (χ2v) is 7.73. The monoisotopic (exact) mass is 461 g/mol. The van der Waals surface area contributed by atoms with Gasteiger partial charge in [0.25, 0.3) is 17.5 Å². The largest absolute Gasteiger partial charge is 0.457 e. The first-order chi connectivity index (χ1) is 16.5. The lowest BCUT2D eigenvalue weighted by Gasteiger charge is -2.13. The quantitative estimate of drug-likeness (QED) is 0.298. The summed E-state index contributed by atoms with van der Waals surface area (Å²) in [6.07, 6.45) is 3.17. The Kier molecular flexibility index (Phi) is 7.14. The summed E-state index contributed by atoms with van der Waals surface area (Å²) in [5.41, 5.74) is 0.866. The molecule has 4 rings (SSSR count). The topological polar surface area (TPSA) is 124 Å². The van der Waals surface area contributed by atoms with Crippen LogP contribution in [0.2, 0.25) is 0 Å². The summed E-state index contributed by atoms with van der Waals surface area (Å²) in [6, 6.07) is 17.8. The third-order valence-corrected chi connectivity index (χ3v) is 5.30. The molecular weight excluding hydrogens is 438 g/mol. The molecule has 2 aromatic carbocycles. The molecule has 0 spiro atoms. The van der Waals surface area contributed by atoms with Crippen molar-refractivity contribution in [1.82, 2.24) is 10.6 Å². The van der Waals surface area contributed by atoms with E-state index in [4.69, 9.17) is 9.15 Å². The molecule has 1 unspecified atom stereocenters. The number of benzene rings is 2. The van der Waals surface area contributed by atoms with Crippen LogP contribution in [0.4, 0.5) is 5.69 Å². The average Bonchev–Trinajstić information content (AvgIpc) is 3.55. The molecule has 2 amide bonds. The Morgan fingerprint density at radius 2 is 1.91 bits per heavy atom. The minimum absolute atomic E-state index is 0.00629. The standard InChI is InChI=1S/C25H23N3O6/c29-24(17-6-2-1-3-7-17)27-22(25(30)26-16-21-10-5-13-33-21)15-20-11-12-23(34-20)18-8-4-9-19(14-18)28(31)32/h1-4,6-9,11-12,14-15,21H,5,10,13,16H2,(H,26,30)(H,27,29)/b22-15+. The number of nitro benzene ring substituents is 1. The highest BCUT2D eigenvalue weighted by Gasteiger charge is 2.20. The lowest BCUT2D eigenvalue weighted by molar-refractivity contribution is -0.384. The summed E-state index contributed by atoms with van der Waals surface area (Å²) in [5.74, 6) is -0.224. The Balaban J connectivity index is 1.56. The van der Waals surface area contributed by atoms with Crippen LogP contribution in [0, 0.1) is 10.1 Å². The van der Waals surface area contributed by atoms with Crippen molar-refractivity contribution in [2.24, 2.45) is 0 Å². The van der Waals surface area contributed by atoms with Crippen molar-refractivity contribution < 1.29 is 23.7 Å². The van der Waals surface area contributed by atoms with Gasteiger partial charge in [-0.1, -0.05) is 30.3 Å². The Bertz CT molecular complexity index is 1210. The summed E-state index contributed by atoms with van der Waals surface area (Å²) in [5, 5.41) is 16.5. The van der Waals surface area contributed by atoms with Gasteiger partial charge < -0.3 is 19.8 Å². The van der Waals surface area contributed by atoms with E-state index in [0.29, 0.717) is 35.8 Å². The number of hydrogen-bond acceptors (Lipinski definition) is 6. The fourth-order valence-electron chi connectivity index (χ4n) is 3.55. The first kappa shape index (κ1) is 22.9. The number of nitrogens with zero attached hydrogens (tertiary/aromatic N) is 1. The molecule has 34 heavy (non-hydrogen) atoms. The molecule has 2 heterocycles. The molecule has 1 fully saturated rings. The molecule has 0 saturated carbocycles. The van der Waals surface area contributed by atoms with Gasteiger partial charge in [0, 0.05) is 42.5 Å². The molecule has 0 bridgehead atoms. The first-order valence-corrected chi connectivity index (χ1v) is 10.8. The number of amides is 2. The fourth-order valence-corrected chi connectivity index (χ4v) is 3.55. The Morgan fingerprint density at radius 1 is 1.09 bits per heavy atom. The Hall–Kier alpha value is -4.24. The van der Waals surface area contributed by atoms with Crippen molar-refractivity contribution in [3.63, 3.8) is 0 Å². The molecule has 1 aliphatic heterocycles. The molecule has 1 aromatic heterocycles. The SMILES string of the molecule is O=C(NCC1CCCO1)/C(=C\c1ccc(-c2cccc([N+](=O)[O-])c2)o1)NC(=O)c1ccccc1. The molecule has 9 nitrogen and oxygen atoms in total. The third-order valence-electron chi connectivity index (χ3n) is 5.30. The van der Waals surface area contributed by atoms with E-state index in [1.807, 2.05) is 0 Å². The maximum atomic E-state index is 12.9. The van der Waals surface area contributed by atoms with Crippen LogP contribution in [0.3, 0.4) is 0 Å². The van der Waals surface area contributed by atoms with Gasteiger partial charge in [0.15, 0.2) is 0 Å². The predicted molar refractivity (Wildman–Crippen MR) is 125 cm³/mol. The van der Waals surface area contributed by atoms with Crippen molar-refractivity contribution in [2.45, 2.75) is 18.9 Å². The molecular formula is C25H23N3O6. The maximum Gasteiger partial charge on any atom is 0.270 e. The van der Waals surface area contributed by atoms with Crippen molar-refractivity contribution in [3.8, 4) is 11.3 Å². The van der Waals surface area contributed by atoms with Crippen molar-refractivity contribution in [3.05, 3.63) is 93.9 Å². The number of rotatable bonds is 8. The van der Waals surface area contributed by atoms with Gasteiger partial charge in [-0.2, -0.15) is 0 Å². The highest BCUT2D eigenvalue weighted by atomic mass is 16.6. The normalized spacial score (nSPS) is 15.6. The highest BCUT2D eigenvalue weighted by Crippen LogP contribution is 2.26. The van der Waals surface area contributed by atoms with Crippen LogP contribution < -0.4 is 10.6 Å². The first-order valence-electron chi connectivity index (χ1n) is 10.8. The van der Waals surface area contributed by atoms with Gasteiger partial charge in [-0.05, 0) is 37.1 Å². The lowest BCUT2D eigenvalue weighted by Crippen LogP contribution is -2.38. The molecule has 3 aromatic rings. The van der Waals surface area contributed by atoms with Gasteiger partial charge in [0.1, 0.15) is 17.2 Å². The zero-order chi connectivity index (χ0) is 23.9. The molecule has 0 aliphatic carbocycles. The van der Waals surface area contributed by atoms with E-state index in [2.05, 4.69) is 10.6 Å². The average molecular weight is 461 g/mol. The number of carbonyl (C=O) groups excluding carboxylic acids is 2. The van der Waals surface area contributed by atoms with E-state index in [-0.39, 0.29) is 17.5 Å². The van der Waals surface area contributed by atoms with E-state index in [9.17, 15) is 19.7 Å². The van der Waals surface area contributed by atoms with Crippen LogP contribution in [0.1, 0.15) is 29.0 Å². The summed E-state index contributed by atoms with van der Waals surface area (Å²) < 4.78 is 11.3. The molecule has 174 valence electrons. The van der Waals surface area contributed by atoms with Gasteiger partial charge in [-0.3, -0.25) is 19.7 Å². The van der Waals surface area contributed by atoms with Gasteiger partial charge in [0.2, 0.25) is 0 Å². The summed E-state index contributed by atoms with van der Waals surface area (Å²) in [4.78, 5) is 36.2. The molecule has 1 aliphatic rings. The number of non-ortho nitro benzene ring substituents is 1. The van der Waals surface area contributed by atoms with Crippen molar-refractivity contribution in [1.29, 1.82) is 0 Å². The number of carbonyl (C=O) groups is 2. The van der Waals surface area contributed by atoms with E-state index >= 15 is 0 Å². The molecule has 9 heteroatoms. The maximum absolute atomic E-state index is 12.9. The molecule has 1 atom stereocenters. The molecule has 1 saturated heterocycles. The number of nitrogens with one attached hydrogen (secondary N) is 2. The summed E-state index contributed by atoms with van der Waals surface area (Å²) in [6.45, 7) is 0.995. The molecule has 0 radical (unpaired) electrons. The second-order valence-electron chi connectivity index (χ2n) is 7.73. The van der Waals surface area contributed by atoms with Crippen LogP contribution in [-0.4, -0.2) is 36.0 Å². The number of furan rings is 1. The van der Waals surface area contributed by atoms with Crippen molar-refractivity contribution >= 4 is 23.6 Å². The zero-order valence-corrected chi connectivity index (χ0v) is 18.2. The van der Waals surface area contributed by atoms with Gasteiger partial charge in [-0.25, -0.2) is 0 Å². The number of hydrogen-bond donors (Lipinski definition) is 2. The van der Waals surface area contributed by atoms with Crippen molar-refractivity contribution in [2.75, 3.05) is 13.2 Å². The summed E-state index contributed by atoms with van der Waals surface area (Å²) >= 11 is 0. The summed E-state index contributed by atoms with van der Waals surface area (Å²) in [7, 11) is 0. The second kappa shape index (κ2) is 10.6. The Morgan fingerprint density at radius 3 is 2.65 bits per heavy atom. The highest BCUT2D eigenvalue weighted by molar-refractivity contribution is 6.05. The van der Waals surface area contributed by atoms with Crippen LogP contribution in [0.5, 0.6) is 0 Å². The van der Waals surface area contributed by atoms with E-state index < -0.39 is 16.7 Å². The predicted octanol–water partition coefficient (Wildman–Crippen LogP) is 3.92. The van der Waals surface area contributed by atoms with Crippen LogP contribution >= 0.6 is 0 Å². The molecule has 2 N–H and O–H groups in total. The van der Waals surface area contributed by atoms with Gasteiger partial charge in [0.05, 0.1) is 11.0 Å². The fraction of sp³-hybridized carbons (Fsp3) is 0.200. The number of ether oxygens (including phenoxy) is 1. The minimum atomic E-state index is -0.483. The zero-order valence-electron chi connectivity index (χ0n) is 18.2. The minimum Gasteiger partial charge on any atom is -0.457 e. The Labute approximate surface area is 195 Å². The smallest absolute Gasteiger partial charge is 0.270 e. The number of nitro groups is 1. The van der Waals surface area contributed by atoms with Gasteiger partial charge >= 0.3 is 0 Å².